The van der Waals surface area contributed by atoms with Crippen molar-refractivity contribution in [2.24, 2.45) is 5.92 Å². The van der Waals surface area contributed by atoms with Gasteiger partial charge in [-0.1, -0.05) is 0 Å². The van der Waals surface area contributed by atoms with E-state index in [2.05, 4.69) is 5.32 Å². The van der Waals surface area contributed by atoms with Gasteiger partial charge in [0, 0.05) is 12.5 Å². The van der Waals surface area contributed by atoms with Gasteiger partial charge in [-0.2, -0.15) is 0 Å². The molecule has 1 heterocycles. The van der Waals surface area contributed by atoms with E-state index in [4.69, 9.17) is 4.74 Å². The molecule has 0 aromatic carbocycles. The highest BCUT2D eigenvalue weighted by Crippen LogP contribution is 2.36. The lowest BCUT2D eigenvalue weighted by molar-refractivity contribution is -0.132. The molecule has 1 unspecified atom stereocenters. The van der Waals surface area contributed by atoms with Crippen LogP contribution in [0.15, 0.2) is 0 Å². The summed E-state index contributed by atoms with van der Waals surface area (Å²) in [5, 5.41) is 3.19. The topological polar surface area (TPSA) is 38.3 Å². The van der Waals surface area contributed by atoms with Crippen molar-refractivity contribution in [1.29, 1.82) is 0 Å². The summed E-state index contributed by atoms with van der Waals surface area (Å²) in [6.07, 6.45) is 4.13. The largest absolute Gasteiger partial charge is 0.381 e. The van der Waals surface area contributed by atoms with Gasteiger partial charge >= 0.3 is 0 Å². The molecule has 2 rings (SSSR count). The van der Waals surface area contributed by atoms with Gasteiger partial charge in [-0.3, -0.25) is 4.79 Å². The van der Waals surface area contributed by atoms with E-state index in [1.54, 1.807) is 0 Å². The summed E-state index contributed by atoms with van der Waals surface area (Å²) in [6.45, 7) is 1.40. The zero-order valence-electron chi connectivity index (χ0n) is 8.14. The fourth-order valence-electron chi connectivity index (χ4n) is 2.28. The van der Waals surface area contributed by atoms with Crippen molar-refractivity contribution < 1.29 is 9.53 Å². The molecule has 3 heteroatoms. The van der Waals surface area contributed by atoms with Crippen LogP contribution >= 0.6 is 0 Å². The van der Waals surface area contributed by atoms with Crippen LogP contribution in [0.4, 0.5) is 0 Å². The van der Waals surface area contributed by atoms with E-state index in [9.17, 15) is 4.79 Å². The average molecular weight is 183 g/mol. The Bertz CT molecular complexity index is 199. The molecule has 0 bridgehead atoms. The van der Waals surface area contributed by atoms with Crippen molar-refractivity contribution in [3.8, 4) is 0 Å². The second-order valence-corrected chi connectivity index (χ2v) is 4.11. The van der Waals surface area contributed by atoms with E-state index in [0.29, 0.717) is 12.4 Å². The Kier molecular flexibility index (Phi) is 2.39. The van der Waals surface area contributed by atoms with Crippen LogP contribution < -0.4 is 5.32 Å². The Hall–Kier alpha value is -0.410. The monoisotopic (exact) mass is 183 g/mol. The highest BCUT2D eigenvalue weighted by atomic mass is 16.5. The number of ether oxygens (including phenoxy) is 1. The molecular weight excluding hydrogens is 166 g/mol. The van der Waals surface area contributed by atoms with Crippen LogP contribution in [0.25, 0.3) is 0 Å². The minimum atomic E-state index is -0.182. The lowest BCUT2D eigenvalue weighted by Crippen LogP contribution is -2.57. The molecule has 0 aromatic rings. The smallest absolute Gasteiger partial charge is 0.158 e. The second-order valence-electron chi connectivity index (χ2n) is 4.11. The molecule has 0 amide bonds. The van der Waals surface area contributed by atoms with Gasteiger partial charge in [0.2, 0.25) is 0 Å². The maximum atomic E-state index is 12.0. The number of Topliss-reactive ketones (excluding diaryl/α,β-unsaturated/α-hetero) is 1. The summed E-state index contributed by atoms with van der Waals surface area (Å²) in [6, 6.07) is 0. The Balaban J connectivity index is 2.01. The van der Waals surface area contributed by atoms with E-state index in [1.807, 2.05) is 7.05 Å². The van der Waals surface area contributed by atoms with E-state index in [1.165, 1.54) is 6.42 Å². The first-order chi connectivity index (χ1) is 6.28. The van der Waals surface area contributed by atoms with Gasteiger partial charge in [0.1, 0.15) is 0 Å². The molecule has 1 aliphatic heterocycles. The number of hydrogen-bond acceptors (Lipinski definition) is 3. The molecule has 13 heavy (non-hydrogen) atoms. The molecule has 0 aromatic heterocycles. The highest BCUT2D eigenvalue weighted by molar-refractivity contribution is 5.91. The predicted molar refractivity (Wildman–Crippen MR) is 49.6 cm³/mol. The minimum Gasteiger partial charge on any atom is -0.381 e. The molecule has 74 valence electrons. The number of carbonyl (C=O) groups excluding carboxylic acids is 1. The Morgan fingerprint density at radius 2 is 2.31 bits per heavy atom. The molecule has 1 N–H and O–H groups in total. The first kappa shape index (κ1) is 9.16. The van der Waals surface area contributed by atoms with Crippen LogP contribution in [0.5, 0.6) is 0 Å². The third kappa shape index (κ3) is 1.40. The summed E-state index contributed by atoms with van der Waals surface area (Å²) >= 11 is 0. The van der Waals surface area contributed by atoms with Crippen molar-refractivity contribution in [2.75, 3.05) is 20.3 Å². The average Bonchev–Trinajstić information content (AvgIpc) is 2.54. The normalized spacial score (nSPS) is 31.3. The minimum absolute atomic E-state index is 0.160. The van der Waals surface area contributed by atoms with Crippen LogP contribution in [0.2, 0.25) is 0 Å². The van der Waals surface area contributed by atoms with E-state index in [0.717, 1.165) is 25.9 Å². The maximum absolute atomic E-state index is 12.0. The van der Waals surface area contributed by atoms with Crippen LogP contribution in [-0.2, 0) is 9.53 Å². The summed E-state index contributed by atoms with van der Waals surface area (Å²) in [4.78, 5) is 12.0. The number of ketones is 1. The molecule has 1 atom stereocenters. The van der Waals surface area contributed by atoms with Gasteiger partial charge in [-0.05, 0) is 32.7 Å². The van der Waals surface area contributed by atoms with Gasteiger partial charge in [0.15, 0.2) is 5.78 Å². The molecule has 2 aliphatic rings. The van der Waals surface area contributed by atoms with Gasteiger partial charge in [0.05, 0.1) is 12.1 Å². The quantitative estimate of drug-likeness (QED) is 0.701. The molecular formula is C10H17NO2. The van der Waals surface area contributed by atoms with Crippen molar-refractivity contribution in [3.05, 3.63) is 0 Å². The van der Waals surface area contributed by atoms with E-state index < -0.39 is 0 Å². The van der Waals surface area contributed by atoms with Crippen LogP contribution in [0.1, 0.15) is 25.7 Å². The van der Waals surface area contributed by atoms with Crippen LogP contribution in [-0.4, -0.2) is 31.6 Å². The Morgan fingerprint density at radius 3 is 2.69 bits per heavy atom. The Morgan fingerprint density at radius 1 is 1.54 bits per heavy atom. The van der Waals surface area contributed by atoms with E-state index in [-0.39, 0.29) is 11.5 Å². The summed E-state index contributed by atoms with van der Waals surface area (Å²) in [7, 11) is 1.90. The Labute approximate surface area is 78.8 Å². The molecule has 1 aliphatic carbocycles. The first-order valence-corrected chi connectivity index (χ1v) is 5.09. The molecule has 1 saturated heterocycles. The van der Waals surface area contributed by atoms with Crippen molar-refractivity contribution in [2.45, 2.75) is 31.2 Å². The number of rotatable bonds is 3. The second kappa shape index (κ2) is 3.39. The molecule has 0 radical (unpaired) electrons. The lowest BCUT2D eigenvalue weighted by Gasteiger charge is -2.41. The van der Waals surface area contributed by atoms with Gasteiger partial charge in [0.25, 0.3) is 0 Å². The zero-order chi connectivity index (χ0) is 9.31. The maximum Gasteiger partial charge on any atom is 0.158 e. The highest BCUT2D eigenvalue weighted by Gasteiger charge is 2.45. The third-order valence-corrected chi connectivity index (χ3v) is 3.46. The fraction of sp³-hybridized carbons (Fsp3) is 0.900. The molecule has 0 spiro atoms. The number of hydrogen-bond donors (Lipinski definition) is 1. The number of carbonyl (C=O) groups is 1. The summed E-state index contributed by atoms with van der Waals surface area (Å²) in [5.74, 6) is 0.548. The predicted octanol–water partition coefficient (Wildman–Crippen LogP) is 0.734. The van der Waals surface area contributed by atoms with Crippen LogP contribution in [0.3, 0.4) is 0 Å². The standard InChI is InChI=1S/C10H17NO2/c1-11-10(4-2-5-10)9(12)8-3-6-13-7-8/h8,11H,2-7H2,1H3. The lowest BCUT2D eigenvalue weighted by atomic mass is 9.70. The van der Waals surface area contributed by atoms with Crippen molar-refractivity contribution in [1.82, 2.24) is 5.32 Å². The van der Waals surface area contributed by atoms with Crippen molar-refractivity contribution in [3.63, 3.8) is 0 Å². The summed E-state index contributed by atoms with van der Waals surface area (Å²) in [5.41, 5.74) is -0.182. The number of nitrogens with one attached hydrogen (secondary N) is 1. The van der Waals surface area contributed by atoms with Gasteiger partial charge in [-0.25, -0.2) is 0 Å². The van der Waals surface area contributed by atoms with E-state index >= 15 is 0 Å². The molecule has 3 nitrogen and oxygen atoms in total. The molecule has 1 saturated carbocycles. The fourth-order valence-corrected chi connectivity index (χ4v) is 2.28. The zero-order valence-corrected chi connectivity index (χ0v) is 8.14. The molecule has 2 fully saturated rings. The van der Waals surface area contributed by atoms with Crippen molar-refractivity contribution >= 4 is 5.78 Å². The number of likely N-dealkylation sites (N-methyl/N-ethyl adjacent to an activating group) is 1. The van der Waals surface area contributed by atoms with Crippen LogP contribution in [0, 0.1) is 5.92 Å². The third-order valence-electron chi connectivity index (χ3n) is 3.46. The first-order valence-electron chi connectivity index (χ1n) is 5.09. The van der Waals surface area contributed by atoms with Gasteiger partial charge < -0.3 is 10.1 Å². The summed E-state index contributed by atoms with van der Waals surface area (Å²) < 4.78 is 5.24. The SMILES string of the molecule is CNC1(C(=O)C2CCOC2)CCC1. The van der Waals surface area contributed by atoms with Gasteiger partial charge in [-0.15, -0.1) is 0 Å².